The number of nitrogens with two attached hydrogens (primary N) is 1. The van der Waals surface area contributed by atoms with Crippen molar-refractivity contribution >= 4 is 11.8 Å². The lowest BCUT2D eigenvalue weighted by atomic mass is 9.93. The zero-order chi connectivity index (χ0) is 18.7. The van der Waals surface area contributed by atoms with Gasteiger partial charge < -0.3 is 16.2 Å². The van der Waals surface area contributed by atoms with Crippen molar-refractivity contribution in [1.29, 1.82) is 0 Å². The number of hydrogen-bond donors (Lipinski definition) is 3. The molecule has 1 saturated carbocycles. The lowest BCUT2D eigenvalue weighted by molar-refractivity contribution is -0.137. The number of aliphatic hydroxyl groups is 1. The third-order valence-electron chi connectivity index (χ3n) is 4.60. The number of benzene rings is 1. The van der Waals surface area contributed by atoms with Crippen molar-refractivity contribution in [3.05, 3.63) is 47.2 Å². The van der Waals surface area contributed by atoms with Gasteiger partial charge in [0.1, 0.15) is 5.82 Å². The summed E-state index contributed by atoms with van der Waals surface area (Å²) in [4.78, 5) is 8.26. The first-order valence-corrected chi connectivity index (χ1v) is 8.53. The maximum atomic E-state index is 12.7. The highest BCUT2D eigenvalue weighted by molar-refractivity contribution is 5.49. The van der Waals surface area contributed by atoms with Gasteiger partial charge in [0.2, 0.25) is 5.95 Å². The Hall–Kier alpha value is -2.35. The maximum Gasteiger partial charge on any atom is 0.416 e. The molecule has 3 rings (SSSR count). The minimum Gasteiger partial charge on any atom is -0.393 e. The second kappa shape index (κ2) is 7.49. The Morgan fingerprint density at radius 2 is 1.77 bits per heavy atom. The van der Waals surface area contributed by atoms with Crippen molar-refractivity contribution in [1.82, 2.24) is 9.97 Å². The van der Waals surface area contributed by atoms with E-state index in [1.54, 1.807) is 6.20 Å². The van der Waals surface area contributed by atoms with Crippen LogP contribution >= 0.6 is 0 Å². The number of nitrogens with zero attached hydrogens (tertiary/aromatic N) is 2. The van der Waals surface area contributed by atoms with Gasteiger partial charge >= 0.3 is 6.18 Å². The van der Waals surface area contributed by atoms with Crippen LogP contribution in [0.5, 0.6) is 0 Å². The van der Waals surface area contributed by atoms with Crippen LogP contribution in [0, 0.1) is 0 Å². The molecule has 140 valence electrons. The van der Waals surface area contributed by atoms with E-state index in [-0.39, 0.29) is 18.1 Å². The Morgan fingerprint density at radius 1 is 1.12 bits per heavy atom. The normalized spacial score (nSPS) is 20.8. The molecule has 0 saturated heterocycles. The van der Waals surface area contributed by atoms with Crippen molar-refractivity contribution in [3.63, 3.8) is 0 Å². The summed E-state index contributed by atoms with van der Waals surface area (Å²) in [6.45, 7) is 0. The molecule has 5 nitrogen and oxygen atoms in total. The van der Waals surface area contributed by atoms with Gasteiger partial charge in [0.15, 0.2) is 0 Å². The van der Waals surface area contributed by atoms with Crippen molar-refractivity contribution in [2.75, 3.05) is 11.1 Å². The molecule has 0 amide bonds. The molecule has 1 aliphatic carbocycles. The molecule has 4 N–H and O–H groups in total. The predicted octanol–water partition coefficient (Wildman–Crippen LogP) is 3.38. The van der Waals surface area contributed by atoms with E-state index in [9.17, 15) is 18.3 Å². The summed E-state index contributed by atoms with van der Waals surface area (Å²) in [5.74, 6) is 0.735. The summed E-state index contributed by atoms with van der Waals surface area (Å²) >= 11 is 0. The average Bonchev–Trinajstić information content (AvgIpc) is 2.59. The quantitative estimate of drug-likeness (QED) is 0.773. The van der Waals surface area contributed by atoms with Gasteiger partial charge in [-0.3, -0.25) is 0 Å². The minimum atomic E-state index is -4.35. The molecule has 8 heteroatoms. The van der Waals surface area contributed by atoms with E-state index >= 15 is 0 Å². The Bertz CT molecular complexity index is 741. The van der Waals surface area contributed by atoms with Gasteiger partial charge in [-0.15, -0.1) is 0 Å². The molecular formula is C18H21F3N4O. The van der Waals surface area contributed by atoms with E-state index in [2.05, 4.69) is 15.3 Å². The molecular weight excluding hydrogens is 345 g/mol. The van der Waals surface area contributed by atoms with Crippen molar-refractivity contribution in [2.45, 2.75) is 50.4 Å². The molecule has 0 spiro atoms. The fourth-order valence-electron chi connectivity index (χ4n) is 3.12. The number of aliphatic hydroxyl groups excluding tert-OH is 1. The smallest absolute Gasteiger partial charge is 0.393 e. The molecule has 2 aromatic rings. The van der Waals surface area contributed by atoms with Crippen molar-refractivity contribution in [3.8, 4) is 0 Å². The predicted molar refractivity (Wildman–Crippen MR) is 92.6 cm³/mol. The number of nitrogens with one attached hydrogen (secondary N) is 1. The Kier molecular flexibility index (Phi) is 5.31. The van der Waals surface area contributed by atoms with Crippen molar-refractivity contribution < 1.29 is 18.3 Å². The van der Waals surface area contributed by atoms with E-state index in [1.165, 1.54) is 12.1 Å². The van der Waals surface area contributed by atoms with Gasteiger partial charge in [-0.1, -0.05) is 12.1 Å². The molecule has 1 aromatic heterocycles. The van der Waals surface area contributed by atoms with Crippen LogP contribution < -0.4 is 11.1 Å². The average molecular weight is 366 g/mol. The zero-order valence-corrected chi connectivity index (χ0v) is 14.1. The molecule has 0 bridgehead atoms. The molecule has 0 aliphatic heterocycles. The van der Waals surface area contributed by atoms with Crippen LogP contribution in [0.3, 0.4) is 0 Å². The Labute approximate surface area is 149 Å². The zero-order valence-electron chi connectivity index (χ0n) is 14.1. The summed E-state index contributed by atoms with van der Waals surface area (Å²) < 4.78 is 38.0. The molecule has 26 heavy (non-hydrogen) atoms. The highest BCUT2D eigenvalue weighted by atomic mass is 19.4. The highest BCUT2D eigenvalue weighted by Gasteiger charge is 2.30. The number of aromatic nitrogens is 2. The van der Waals surface area contributed by atoms with Gasteiger partial charge in [-0.25, -0.2) is 4.98 Å². The van der Waals surface area contributed by atoms with Crippen LogP contribution in [0.25, 0.3) is 0 Å². The minimum absolute atomic E-state index is 0.138. The van der Waals surface area contributed by atoms with E-state index < -0.39 is 11.7 Å². The second-order valence-electron chi connectivity index (χ2n) is 6.62. The lowest BCUT2D eigenvalue weighted by Crippen LogP contribution is -2.29. The second-order valence-corrected chi connectivity index (χ2v) is 6.62. The standard InChI is InChI=1S/C18H21F3N4O/c19-18(20,21)13-3-1-11(2-4-13)9-12-10-23-17(22)25-16(12)24-14-5-7-15(26)8-6-14/h1-4,10,14-15,26H,5-9H2,(H3,22,23,24,25). The third-order valence-corrected chi connectivity index (χ3v) is 4.60. The lowest BCUT2D eigenvalue weighted by Gasteiger charge is -2.27. The molecule has 0 radical (unpaired) electrons. The van der Waals surface area contributed by atoms with E-state index in [0.717, 1.165) is 48.9 Å². The van der Waals surface area contributed by atoms with Gasteiger partial charge in [0.05, 0.1) is 11.7 Å². The highest BCUT2D eigenvalue weighted by Crippen LogP contribution is 2.30. The molecule has 1 fully saturated rings. The SMILES string of the molecule is Nc1ncc(Cc2ccc(C(F)(F)F)cc2)c(NC2CCC(O)CC2)n1. The number of anilines is 2. The van der Waals surface area contributed by atoms with Gasteiger partial charge in [-0.05, 0) is 43.4 Å². The summed E-state index contributed by atoms with van der Waals surface area (Å²) in [5.41, 5.74) is 6.51. The van der Waals surface area contributed by atoms with Gasteiger partial charge in [0.25, 0.3) is 0 Å². The number of nitrogen functional groups attached to an aromatic ring is 1. The fraction of sp³-hybridized carbons (Fsp3) is 0.444. The molecule has 0 unspecified atom stereocenters. The van der Waals surface area contributed by atoms with Crippen LogP contribution in [0.15, 0.2) is 30.5 Å². The Morgan fingerprint density at radius 3 is 2.38 bits per heavy atom. The molecule has 1 aromatic carbocycles. The summed E-state index contributed by atoms with van der Waals surface area (Å²) in [6, 6.07) is 5.24. The van der Waals surface area contributed by atoms with Crippen LogP contribution in [0.4, 0.5) is 24.9 Å². The fourth-order valence-corrected chi connectivity index (χ4v) is 3.12. The molecule has 1 aliphatic rings. The number of hydrogen-bond acceptors (Lipinski definition) is 5. The summed E-state index contributed by atoms with van der Waals surface area (Å²) in [5, 5.41) is 13.0. The maximum absolute atomic E-state index is 12.7. The monoisotopic (exact) mass is 366 g/mol. The van der Waals surface area contributed by atoms with Gasteiger partial charge in [0, 0.05) is 24.2 Å². The van der Waals surface area contributed by atoms with E-state index in [1.807, 2.05) is 0 Å². The molecule has 1 heterocycles. The topological polar surface area (TPSA) is 84.1 Å². The largest absolute Gasteiger partial charge is 0.416 e. The van der Waals surface area contributed by atoms with Crippen LogP contribution in [-0.2, 0) is 12.6 Å². The number of alkyl halides is 3. The summed E-state index contributed by atoms with van der Waals surface area (Å²) in [7, 11) is 0. The number of halogens is 3. The van der Waals surface area contributed by atoms with Crippen LogP contribution in [0.1, 0.15) is 42.4 Å². The van der Waals surface area contributed by atoms with E-state index in [0.29, 0.717) is 12.2 Å². The number of rotatable bonds is 4. The molecule has 0 atom stereocenters. The van der Waals surface area contributed by atoms with Crippen LogP contribution in [-0.4, -0.2) is 27.2 Å². The van der Waals surface area contributed by atoms with Gasteiger partial charge in [-0.2, -0.15) is 18.2 Å². The third kappa shape index (κ3) is 4.63. The van der Waals surface area contributed by atoms with E-state index in [4.69, 9.17) is 5.73 Å². The van der Waals surface area contributed by atoms with Crippen LogP contribution in [0.2, 0.25) is 0 Å². The summed E-state index contributed by atoms with van der Waals surface area (Å²) in [6.07, 6.45) is 0.501. The first kappa shape index (κ1) is 18.4. The first-order chi connectivity index (χ1) is 12.3. The van der Waals surface area contributed by atoms with Crippen molar-refractivity contribution in [2.24, 2.45) is 0 Å². The first-order valence-electron chi connectivity index (χ1n) is 8.53. The Balaban J connectivity index is 1.75.